The summed E-state index contributed by atoms with van der Waals surface area (Å²) in [5, 5.41) is 4.10. The van der Waals surface area contributed by atoms with Gasteiger partial charge in [0.1, 0.15) is 23.7 Å². The van der Waals surface area contributed by atoms with Crippen LogP contribution in [0.25, 0.3) is 11.0 Å². The van der Waals surface area contributed by atoms with Crippen molar-refractivity contribution >= 4 is 16.9 Å². The lowest BCUT2D eigenvalue weighted by Crippen LogP contribution is -2.48. The average molecular weight is 405 g/mol. The standard InChI is InChI=1S/C25H28N2O3/c1-16-24(25(28)26-18-12-19-8-9-20(13-18)27(19)2)22-14-21(10-11-23(22)30-16)29-15-17-6-4-3-5-7-17/h3-7,10-11,14,18-20H,8-9,12-13,15H2,1-2H3,(H,26,28)/t18?,19-,20+. The van der Waals surface area contributed by atoms with Crippen LogP contribution in [0.15, 0.2) is 52.9 Å². The summed E-state index contributed by atoms with van der Waals surface area (Å²) in [6.07, 6.45) is 4.53. The molecule has 3 atom stereocenters. The molecule has 5 rings (SSSR count). The molecule has 3 heterocycles. The number of hydrogen-bond acceptors (Lipinski definition) is 4. The number of benzene rings is 2. The molecular weight excluding hydrogens is 376 g/mol. The fourth-order valence-electron chi connectivity index (χ4n) is 5.10. The van der Waals surface area contributed by atoms with Crippen LogP contribution < -0.4 is 10.1 Å². The van der Waals surface area contributed by atoms with Crippen LogP contribution in [0.2, 0.25) is 0 Å². The summed E-state index contributed by atoms with van der Waals surface area (Å²) < 4.78 is 11.8. The molecule has 0 spiro atoms. The number of nitrogens with one attached hydrogen (secondary N) is 1. The summed E-state index contributed by atoms with van der Waals surface area (Å²) in [6, 6.07) is 17.2. The Labute approximate surface area is 177 Å². The summed E-state index contributed by atoms with van der Waals surface area (Å²) in [5.41, 5.74) is 2.45. The first-order valence-corrected chi connectivity index (χ1v) is 10.8. The minimum Gasteiger partial charge on any atom is -0.489 e. The Bertz CT molecular complexity index is 1040. The van der Waals surface area contributed by atoms with Crippen LogP contribution in [-0.2, 0) is 6.61 Å². The maximum Gasteiger partial charge on any atom is 0.255 e. The maximum absolute atomic E-state index is 13.2. The number of nitrogens with zero attached hydrogens (tertiary/aromatic N) is 1. The molecule has 1 unspecified atom stereocenters. The first-order chi connectivity index (χ1) is 14.6. The number of hydrogen-bond donors (Lipinski definition) is 1. The van der Waals surface area contributed by atoms with Crippen LogP contribution >= 0.6 is 0 Å². The van der Waals surface area contributed by atoms with Crippen LogP contribution in [-0.4, -0.2) is 36.0 Å². The lowest BCUT2D eigenvalue weighted by Gasteiger charge is -2.36. The molecule has 2 bridgehead atoms. The number of carbonyl (C=O) groups is 1. The van der Waals surface area contributed by atoms with Crippen molar-refractivity contribution < 1.29 is 13.9 Å². The molecule has 156 valence electrons. The van der Waals surface area contributed by atoms with Crippen molar-refractivity contribution in [3.05, 3.63) is 65.4 Å². The Kier molecular flexibility index (Phi) is 4.99. The van der Waals surface area contributed by atoms with Crippen LogP contribution in [0.1, 0.15) is 47.4 Å². The Morgan fingerprint density at radius 3 is 2.60 bits per heavy atom. The molecule has 0 aliphatic carbocycles. The van der Waals surface area contributed by atoms with Crippen LogP contribution in [0.5, 0.6) is 5.75 Å². The molecule has 3 aromatic rings. The van der Waals surface area contributed by atoms with Gasteiger partial charge >= 0.3 is 0 Å². The second kappa shape index (κ2) is 7.80. The molecule has 2 aromatic carbocycles. The maximum atomic E-state index is 13.2. The molecule has 1 aromatic heterocycles. The van der Waals surface area contributed by atoms with Gasteiger partial charge in [0.05, 0.1) is 5.56 Å². The molecule has 1 amide bonds. The number of furan rings is 1. The van der Waals surface area contributed by atoms with Crippen molar-refractivity contribution in [3.63, 3.8) is 0 Å². The molecule has 30 heavy (non-hydrogen) atoms. The molecule has 5 nitrogen and oxygen atoms in total. The molecular formula is C25H28N2O3. The number of rotatable bonds is 5. The van der Waals surface area contributed by atoms with Crippen molar-refractivity contribution in [1.29, 1.82) is 0 Å². The lowest BCUT2D eigenvalue weighted by atomic mass is 9.97. The van der Waals surface area contributed by atoms with E-state index in [0.717, 1.165) is 29.5 Å². The normalized spacial score (nSPS) is 23.6. The minimum absolute atomic E-state index is 0.0413. The lowest BCUT2D eigenvalue weighted by molar-refractivity contribution is 0.0882. The number of ether oxygens (including phenoxy) is 1. The van der Waals surface area contributed by atoms with E-state index in [1.54, 1.807) is 0 Å². The third-order valence-corrected chi connectivity index (χ3v) is 6.74. The van der Waals surface area contributed by atoms with Crippen molar-refractivity contribution in [1.82, 2.24) is 10.2 Å². The highest BCUT2D eigenvalue weighted by Gasteiger charge is 2.39. The van der Waals surface area contributed by atoms with Crippen LogP contribution in [0, 0.1) is 6.92 Å². The molecule has 2 aliphatic heterocycles. The van der Waals surface area contributed by atoms with Gasteiger partial charge in [-0.1, -0.05) is 30.3 Å². The van der Waals surface area contributed by atoms with E-state index in [1.807, 2.05) is 55.5 Å². The topological polar surface area (TPSA) is 54.7 Å². The number of piperidine rings is 1. The predicted octanol–water partition coefficient (Wildman–Crippen LogP) is 4.68. The number of carbonyl (C=O) groups excluding carboxylic acids is 1. The smallest absolute Gasteiger partial charge is 0.255 e. The Morgan fingerprint density at radius 2 is 1.87 bits per heavy atom. The Hall–Kier alpha value is -2.79. The van der Waals surface area contributed by atoms with Gasteiger partial charge in [0.15, 0.2) is 0 Å². The zero-order chi connectivity index (χ0) is 20.7. The number of fused-ring (bicyclic) bond motifs is 3. The van der Waals surface area contributed by atoms with E-state index >= 15 is 0 Å². The monoisotopic (exact) mass is 404 g/mol. The van der Waals surface area contributed by atoms with Crippen molar-refractivity contribution in [2.45, 2.75) is 57.3 Å². The van der Waals surface area contributed by atoms with Gasteiger partial charge in [0.25, 0.3) is 5.91 Å². The average Bonchev–Trinajstić information content (AvgIpc) is 3.16. The largest absolute Gasteiger partial charge is 0.489 e. The molecule has 2 aliphatic rings. The molecule has 0 saturated carbocycles. The van der Waals surface area contributed by atoms with E-state index in [1.165, 1.54) is 12.8 Å². The third kappa shape index (κ3) is 3.58. The Morgan fingerprint density at radius 1 is 1.13 bits per heavy atom. The molecule has 1 N–H and O–H groups in total. The highest BCUT2D eigenvalue weighted by molar-refractivity contribution is 6.07. The van der Waals surface area contributed by atoms with Gasteiger partial charge in [0, 0.05) is 23.5 Å². The number of aryl methyl sites for hydroxylation is 1. The molecule has 0 radical (unpaired) electrons. The van der Waals surface area contributed by atoms with E-state index in [9.17, 15) is 4.79 Å². The predicted molar refractivity (Wildman–Crippen MR) is 117 cm³/mol. The summed E-state index contributed by atoms with van der Waals surface area (Å²) in [7, 11) is 2.21. The van der Waals surface area contributed by atoms with E-state index < -0.39 is 0 Å². The van der Waals surface area contributed by atoms with E-state index in [2.05, 4.69) is 17.3 Å². The first kappa shape index (κ1) is 19.2. The minimum atomic E-state index is -0.0413. The first-order valence-electron chi connectivity index (χ1n) is 10.8. The fraction of sp³-hybridized carbons (Fsp3) is 0.400. The highest BCUT2D eigenvalue weighted by Crippen LogP contribution is 2.35. The Balaban J connectivity index is 1.34. The summed E-state index contributed by atoms with van der Waals surface area (Å²) in [5.74, 6) is 1.34. The summed E-state index contributed by atoms with van der Waals surface area (Å²) in [4.78, 5) is 15.7. The van der Waals surface area contributed by atoms with Gasteiger partial charge in [-0.05, 0) is 63.4 Å². The van der Waals surface area contributed by atoms with Crippen LogP contribution in [0.4, 0.5) is 0 Å². The highest BCUT2D eigenvalue weighted by atomic mass is 16.5. The molecule has 5 heteroatoms. The second-order valence-corrected chi connectivity index (χ2v) is 8.66. The third-order valence-electron chi connectivity index (χ3n) is 6.74. The van der Waals surface area contributed by atoms with Gasteiger partial charge in [0.2, 0.25) is 0 Å². The molecule has 2 fully saturated rings. The zero-order valence-corrected chi connectivity index (χ0v) is 17.6. The van der Waals surface area contributed by atoms with Gasteiger partial charge in [-0.15, -0.1) is 0 Å². The van der Waals surface area contributed by atoms with Crippen molar-refractivity contribution in [2.24, 2.45) is 0 Å². The zero-order valence-electron chi connectivity index (χ0n) is 17.6. The van der Waals surface area contributed by atoms with Gasteiger partial charge in [-0.3, -0.25) is 4.79 Å². The summed E-state index contributed by atoms with van der Waals surface area (Å²) in [6.45, 7) is 2.35. The fourth-order valence-corrected chi connectivity index (χ4v) is 5.10. The second-order valence-electron chi connectivity index (χ2n) is 8.66. The number of amides is 1. The van der Waals surface area contributed by atoms with Gasteiger partial charge in [-0.2, -0.15) is 0 Å². The summed E-state index contributed by atoms with van der Waals surface area (Å²) >= 11 is 0. The van der Waals surface area contributed by atoms with Gasteiger partial charge in [-0.25, -0.2) is 0 Å². The van der Waals surface area contributed by atoms with E-state index in [0.29, 0.717) is 35.6 Å². The van der Waals surface area contributed by atoms with E-state index in [4.69, 9.17) is 9.15 Å². The molecule has 2 saturated heterocycles. The van der Waals surface area contributed by atoms with Crippen LogP contribution in [0.3, 0.4) is 0 Å². The quantitative estimate of drug-likeness (QED) is 0.671. The van der Waals surface area contributed by atoms with E-state index in [-0.39, 0.29) is 11.9 Å². The SMILES string of the molecule is Cc1oc2ccc(OCc3ccccc3)cc2c1C(=O)NC1C[C@H]2CC[C@@H](C1)N2C. The van der Waals surface area contributed by atoms with Crippen molar-refractivity contribution in [2.75, 3.05) is 7.05 Å². The van der Waals surface area contributed by atoms with Crippen molar-refractivity contribution in [3.8, 4) is 5.75 Å². The van der Waals surface area contributed by atoms with Gasteiger partial charge < -0.3 is 19.4 Å².